The van der Waals surface area contributed by atoms with Gasteiger partial charge < -0.3 is 0 Å². The molecule has 3 rings (SSSR count). The van der Waals surface area contributed by atoms with E-state index in [0.717, 1.165) is 23.8 Å². The third-order valence-electron chi connectivity index (χ3n) is 3.22. The number of nitrogens with one attached hydrogen (secondary N) is 1. The van der Waals surface area contributed by atoms with Crippen LogP contribution in [0.1, 0.15) is 5.56 Å². The predicted molar refractivity (Wildman–Crippen MR) is 92.8 cm³/mol. The van der Waals surface area contributed by atoms with E-state index in [1.165, 1.54) is 11.0 Å². The lowest BCUT2D eigenvalue weighted by Gasteiger charge is -2.05. The van der Waals surface area contributed by atoms with Crippen molar-refractivity contribution in [2.75, 3.05) is 4.72 Å². The average molecular weight is 401 g/mol. The number of benzene rings is 2. The number of hydrogen-bond donors (Lipinski definition) is 1. The van der Waals surface area contributed by atoms with Crippen LogP contribution in [-0.2, 0) is 16.6 Å². The Bertz CT molecular complexity index is 1010. The number of hydrogen-bond acceptors (Lipinski definition) is 4. The summed E-state index contributed by atoms with van der Waals surface area (Å²) in [7, 11) is -3.97. The van der Waals surface area contributed by atoms with Gasteiger partial charge in [-0.15, -0.1) is 5.10 Å². The van der Waals surface area contributed by atoms with Gasteiger partial charge in [0.1, 0.15) is 12.1 Å². The topological polar surface area (TPSA) is 76.9 Å². The summed E-state index contributed by atoms with van der Waals surface area (Å²) in [6.07, 6.45) is 1.39. The molecule has 10 heteroatoms. The molecule has 0 saturated heterocycles. The molecular formula is C15H11Cl2FN4O2S. The number of anilines is 1. The first-order valence-corrected chi connectivity index (χ1v) is 9.19. The van der Waals surface area contributed by atoms with E-state index in [1.807, 2.05) is 12.1 Å². The minimum atomic E-state index is -3.97. The van der Waals surface area contributed by atoms with Crippen molar-refractivity contribution in [3.05, 3.63) is 70.2 Å². The largest absolute Gasteiger partial charge is 0.264 e. The zero-order chi connectivity index (χ0) is 18.0. The fourth-order valence-corrected chi connectivity index (χ4v) is 3.36. The highest BCUT2D eigenvalue weighted by molar-refractivity contribution is 7.92. The van der Waals surface area contributed by atoms with Crippen molar-refractivity contribution >= 4 is 39.2 Å². The third-order valence-corrected chi connectivity index (χ3v) is 5.09. The number of sulfonamides is 1. The highest BCUT2D eigenvalue weighted by Crippen LogP contribution is 2.20. The molecule has 0 saturated carbocycles. The lowest BCUT2D eigenvalue weighted by Crippen LogP contribution is -2.14. The number of rotatable bonds is 5. The fraction of sp³-hybridized carbons (Fsp3) is 0.0667. The molecule has 6 nitrogen and oxygen atoms in total. The van der Waals surface area contributed by atoms with Gasteiger partial charge in [-0.2, -0.15) is 4.98 Å². The zero-order valence-corrected chi connectivity index (χ0v) is 14.9. The summed E-state index contributed by atoms with van der Waals surface area (Å²) in [6.45, 7) is 0.397. The first-order valence-electron chi connectivity index (χ1n) is 6.95. The molecule has 0 fully saturated rings. The smallest absolute Gasteiger partial charge is 0.246 e. The highest BCUT2D eigenvalue weighted by atomic mass is 35.5. The van der Waals surface area contributed by atoms with Gasteiger partial charge in [0.25, 0.3) is 16.0 Å². The molecule has 0 aliphatic carbocycles. The van der Waals surface area contributed by atoms with E-state index in [2.05, 4.69) is 14.8 Å². The third kappa shape index (κ3) is 4.28. The van der Waals surface area contributed by atoms with Gasteiger partial charge in [0.2, 0.25) is 0 Å². The Labute approximate surface area is 153 Å². The summed E-state index contributed by atoms with van der Waals surface area (Å²) in [4.78, 5) is 3.72. The van der Waals surface area contributed by atoms with Gasteiger partial charge in [-0.05, 0) is 35.9 Å². The minimum absolute atomic E-state index is 0.102. The highest BCUT2D eigenvalue weighted by Gasteiger charge is 2.18. The van der Waals surface area contributed by atoms with Gasteiger partial charge in [0, 0.05) is 5.02 Å². The van der Waals surface area contributed by atoms with Crippen molar-refractivity contribution < 1.29 is 12.8 Å². The van der Waals surface area contributed by atoms with Crippen molar-refractivity contribution in [2.24, 2.45) is 0 Å². The maximum absolute atomic E-state index is 13.2. The molecule has 0 unspecified atom stereocenters. The summed E-state index contributed by atoms with van der Waals surface area (Å²) in [6, 6.07) is 10.2. The molecular weight excluding hydrogens is 390 g/mol. The van der Waals surface area contributed by atoms with Crippen LogP contribution in [0.2, 0.25) is 10.0 Å². The van der Waals surface area contributed by atoms with Crippen molar-refractivity contribution in [2.45, 2.75) is 11.4 Å². The SMILES string of the molecule is O=S(=O)(Nc1ncn(Cc2ccc(Cl)cc2)n1)c1ccc(F)c(Cl)c1. The Kier molecular flexibility index (Phi) is 4.94. The lowest BCUT2D eigenvalue weighted by atomic mass is 10.2. The maximum atomic E-state index is 13.2. The molecule has 0 amide bonds. The van der Waals surface area contributed by atoms with Gasteiger partial charge in [-0.3, -0.25) is 0 Å². The molecule has 1 N–H and O–H groups in total. The summed E-state index contributed by atoms with van der Waals surface area (Å²) in [5.41, 5.74) is 0.925. The van der Waals surface area contributed by atoms with Crippen LogP contribution in [0.25, 0.3) is 0 Å². The fourth-order valence-electron chi connectivity index (χ4n) is 2.02. The molecule has 3 aromatic rings. The van der Waals surface area contributed by atoms with Crippen LogP contribution >= 0.6 is 23.2 Å². The van der Waals surface area contributed by atoms with Gasteiger partial charge in [0.05, 0.1) is 16.5 Å². The van der Waals surface area contributed by atoms with E-state index in [-0.39, 0.29) is 15.9 Å². The van der Waals surface area contributed by atoms with Crippen LogP contribution in [0, 0.1) is 5.82 Å². The Morgan fingerprint density at radius 1 is 1.12 bits per heavy atom. The number of halogens is 3. The van der Waals surface area contributed by atoms with Gasteiger partial charge in [0.15, 0.2) is 0 Å². The molecule has 1 aromatic heterocycles. The summed E-state index contributed by atoms with van der Waals surface area (Å²) < 4.78 is 41.4. The number of nitrogens with zero attached hydrogens (tertiary/aromatic N) is 3. The van der Waals surface area contributed by atoms with Crippen LogP contribution in [0.15, 0.2) is 53.7 Å². The minimum Gasteiger partial charge on any atom is -0.246 e. The summed E-state index contributed by atoms with van der Waals surface area (Å²) in [5, 5.41) is 4.39. The van der Waals surface area contributed by atoms with E-state index < -0.39 is 15.8 Å². The molecule has 2 aromatic carbocycles. The van der Waals surface area contributed by atoms with Gasteiger partial charge >= 0.3 is 0 Å². The molecule has 0 aliphatic heterocycles. The van der Waals surface area contributed by atoms with E-state index in [1.54, 1.807) is 12.1 Å². The standard InChI is InChI=1S/C15H11Cl2FN4O2S/c16-11-3-1-10(2-4-11)8-22-9-19-15(20-22)21-25(23,24)12-5-6-14(18)13(17)7-12/h1-7,9H,8H2,(H,20,21). The molecule has 0 aliphatic rings. The Morgan fingerprint density at radius 2 is 1.84 bits per heavy atom. The monoisotopic (exact) mass is 400 g/mol. The lowest BCUT2D eigenvalue weighted by molar-refractivity contribution is 0.599. The van der Waals surface area contributed by atoms with Crippen LogP contribution in [0.3, 0.4) is 0 Å². The molecule has 130 valence electrons. The normalized spacial score (nSPS) is 11.5. The van der Waals surface area contributed by atoms with E-state index in [9.17, 15) is 12.8 Å². The second-order valence-corrected chi connectivity index (χ2v) is 7.60. The summed E-state index contributed by atoms with van der Waals surface area (Å²) in [5.74, 6) is -0.805. The Hall–Kier alpha value is -2.16. The Morgan fingerprint density at radius 3 is 2.52 bits per heavy atom. The number of aromatic nitrogens is 3. The molecule has 0 bridgehead atoms. The molecule has 0 radical (unpaired) electrons. The first kappa shape index (κ1) is 17.7. The average Bonchev–Trinajstić information content (AvgIpc) is 2.98. The van der Waals surface area contributed by atoms with E-state index >= 15 is 0 Å². The van der Waals surface area contributed by atoms with Crippen LogP contribution < -0.4 is 4.72 Å². The van der Waals surface area contributed by atoms with Crippen molar-refractivity contribution in [3.63, 3.8) is 0 Å². The van der Waals surface area contributed by atoms with Crippen molar-refractivity contribution in [3.8, 4) is 0 Å². The van der Waals surface area contributed by atoms with Gasteiger partial charge in [-0.1, -0.05) is 35.3 Å². The predicted octanol–water partition coefficient (Wildman–Crippen LogP) is 3.57. The van der Waals surface area contributed by atoms with Crippen molar-refractivity contribution in [1.29, 1.82) is 0 Å². The van der Waals surface area contributed by atoms with Crippen molar-refractivity contribution in [1.82, 2.24) is 14.8 Å². The van der Waals surface area contributed by atoms with Crippen LogP contribution in [-0.4, -0.2) is 23.2 Å². The first-order chi connectivity index (χ1) is 11.8. The van der Waals surface area contributed by atoms with E-state index in [0.29, 0.717) is 11.6 Å². The second-order valence-electron chi connectivity index (χ2n) is 5.07. The maximum Gasteiger partial charge on any atom is 0.264 e. The molecule has 0 spiro atoms. The second kappa shape index (κ2) is 6.99. The van der Waals surface area contributed by atoms with E-state index in [4.69, 9.17) is 23.2 Å². The zero-order valence-electron chi connectivity index (χ0n) is 12.5. The van der Waals surface area contributed by atoms with Crippen LogP contribution in [0.5, 0.6) is 0 Å². The quantitative estimate of drug-likeness (QED) is 0.709. The summed E-state index contributed by atoms with van der Waals surface area (Å²) >= 11 is 11.4. The molecule has 0 atom stereocenters. The molecule has 25 heavy (non-hydrogen) atoms. The van der Waals surface area contributed by atoms with Crippen LogP contribution in [0.4, 0.5) is 10.3 Å². The van der Waals surface area contributed by atoms with Gasteiger partial charge in [-0.25, -0.2) is 22.2 Å². The Balaban J connectivity index is 1.75. The molecule has 1 heterocycles.